The lowest BCUT2D eigenvalue weighted by Crippen LogP contribution is -2.62. The van der Waals surface area contributed by atoms with Crippen LogP contribution < -0.4 is 15.8 Å². The van der Waals surface area contributed by atoms with Crippen LogP contribution in [0.4, 0.5) is 17.6 Å². The molecule has 5 rings (SSSR count). The number of nitrogens with zero attached hydrogens (tertiary/aromatic N) is 3. The van der Waals surface area contributed by atoms with E-state index in [1.54, 1.807) is 5.01 Å². The van der Waals surface area contributed by atoms with Crippen molar-refractivity contribution in [1.82, 2.24) is 14.9 Å². The highest BCUT2D eigenvalue weighted by atomic mass is 19.1. The number of fused-ring (bicyclic) bond motifs is 3. The van der Waals surface area contributed by atoms with E-state index in [-0.39, 0.29) is 24.2 Å². The van der Waals surface area contributed by atoms with E-state index in [0.29, 0.717) is 31.5 Å². The van der Waals surface area contributed by atoms with Crippen LogP contribution in [0.2, 0.25) is 0 Å². The van der Waals surface area contributed by atoms with E-state index in [0.717, 1.165) is 30.8 Å². The molecule has 3 aromatic rings. The zero-order valence-electron chi connectivity index (χ0n) is 19.9. The fourth-order valence-corrected chi connectivity index (χ4v) is 4.84. The number of halogens is 4. The van der Waals surface area contributed by atoms with Gasteiger partial charge in [0.25, 0.3) is 11.8 Å². The van der Waals surface area contributed by atoms with Crippen molar-refractivity contribution in [2.75, 3.05) is 11.6 Å². The molecule has 2 aromatic carbocycles. The highest BCUT2D eigenvalue weighted by Gasteiger charge is 2.41. The molecule has 0 unspecified atom stereocenters. The number of nitrogens with one attached hydrogen (secondary N) is 1. The third kappa shape index (κ3) is 4.46. The average Bonchev–Trinajstić information content (AvgIpc) is 2.88. The average molecular weight is 530 g/mol. The molecule has 2 aliphatic rings. The standard InChI is InChI=1S/C26H22F4N4O4/c27-16-6-4-14(19(29)9-16)11-31-25(37)18-13-34-22(24(36)23(18)35)26(38)32(21-3-1-2-8-33(21)34)12-15-5-7-17(28)10-20(15)30/h4-7,9-10,13,21,36H,1-3,8,11-12H2,(H,31,37)/t21-/m0/s1. The fraction of sp³-hybridized carbons (Fsp3) is 0.269. The number of hydrogen-bond acceptors (Lipinski definition) is 5. The van der Waals surface area contributed by atoms with Crippen LogP contribution in [-0.4, -0.2) is 39.2 Å². The number of carbonyl (C=O) groups is 2. The van der Waals surface area contributed by atoms with Crippen LogP contribution in [0.5, 0.6) is 5.75 Å². The first-order valence-corrected chi connectivity index (χ1v) is 11.9. The van der Waals surface area contributed by atoms with Crippen LogP contribution in [-0.2, 0) is 13.1 Å². The van der Waals surface area contributed by atoms with E-state index in [2.05, 4.69) is 5.32 Å². The molecule has 2 N–H and O–H groups in total. The molecule has 0 radical (unpaired) electrons. The van der Waals surface area contributed by atoms with Crippen molar-refractivity contribution in [2.45, 2.75) is 38.5 Å². The van der Waals surface area contributed by atoms with Crippen molar-refractivity contribution < 1.29 is 32.3 Å². The van der Waals surface area contributed by atoms with Gasteiger partial charge in [-0.05, 0) is 31.4 Å². The largest absolute Gasteiger partial charge is 0.502 e. The lowest BCUT2D eigenvalue weighted by Gasteiger charge is -2.49. The second-order valence-corrected chi connectivity index (χ2v) is 9.14. The maximum Gasteiger partial charge on any atom is 0.278 e. The summed E-state index contributed by atoms with van der Waals surface area (Å²) in [5.41, 5.74) is -1.95. The lowest BCUT2D eigenvalue weighted by atomic mass is 10.0. The molecule has 12 heteroatoms. The maximum absolute atomic E-state index is 14.4. The highest BCUT2D eigenvalue weighted by molar-refractivity contribution is 5.99. The zero-order valence-corrected chi connectivity index (χ0v) is 19.9. The van der Waals surface area contributed by atoms with E-state index < -0.39 is 63.7 Å². The van der Waals surface area contributed by atoms with Gasteiger partial charge in [-0.15, -0.1) is 0 Å². The first-order chi connectivity index (χ1) is 18.2. The van der Waals surface area contributed by atoms with Gasteiger partial charge in [0, 0.05) is 42.5 Å². The molecule has 2 amide bonds. The Bertz CT molecular complexity index is 1510. The third-order valence-corrected chi connectivity index (χ3v) is 6.76. The maximum atomic E-state index is 14.4. The van der Waals surface area contributed by atoms with Gasteiger partial charge >= 0.3 is 0 Å². The Morgan fingerprint density at radius 2 is 1.63 bits per heavy atom. The second-order valence-electron chi connectivity index (χ2n) is 9.14. The molecule has 0 spiro atoms. The van der Waals surface area contributed by atoms with Gasteiger partial charge in [-0.2, -0.15) is 0 Å². The van der Waals surface area contributed by atoms with E-state index in [1.165, 1.54) is 15.6 Å². The van der Waals surface area contributed by atoms with Crippen LogP contribution in [0.3, 0.4) is 0 Å². The van der Waals surface area contributed by atoms with Crippen molar-refractivity contribution in [1.29, 1.82) is 0 Å². The summed E-state index contributed by atoms with van der Waals surface area (Å²) >= 11 is 0. The summed E-state index contributed by atoms with van der Waals surface area (Å²) in [5, 5.41) is 14.8. The van der Waals surface area contributed by atoms with Gasteiger partial charge in [0.15, 0.2) is 11.4 Å². The van der Waals surface area contributed by atoms with Gasteiger partial charge in [-0.25, -0.2) is 17.6 Å². The summed E-state index contributed by atoms with van der Waals surface area (Å²) in [6.45, 7) is -0.183. The smallest absolute Gasteiger partial charge is 0.278 e. The molecule has 1 fully saturated rings. The topological polar surface area (TPSA) is 94.9 Å². The number of amides is 2. The third-order valence-electron chi connectivity index (χ3n) is 6.76. The van der Waals surface area contributed by atoms with E-state index in [9.17, 15) is 37.1 Å². The Hall–Kier alpha value is -4.35. The number of benzene rings is 2. The molecule has 1 atom stereocenters. The first kappa shape index (κ1) is 25.3. The van der Waals surface area contributed by atoms with Crippen LogP contribution in [0.1, 0.15) is 51.2 Å². The number of pyridine rings is 1. The van der Waals surface area contributed by atoms with Crippen LogP contribution in [0.25, 0.3) is 0 Å². The van der Waals surface area contributed by atoms with E-state index in [1.807, 2.05) is 0 Å². The number of carbonyl (C=O) groups excluding carboxylic acids is 2. The Balaban J connectivity index is 1.49. The molecule has 0 aliphatic carbocycles. The van der Waals surface area contributed by atoms with Crippen LogP contribution in [0.15, 0.2) is 47.4 Å². The van der Waals surface area contributed by atoms with Gasteiger partial charge < -0.3 is 15.3 Å². The van der Waals surface area contributed by atoms with E-state index >= 15 is 0 Å². The van der Waals surface area contributed by atoms with Crippen molar-refractivity contribution in [3.8, 4) is 5.75 Å². The van der Waals surface area contributed by atoms with Crippen molar-refractivity contribution >= 4 is 11.8 Å². The number of rotatable bonds is 5. The molecule has 38 heavy (non-hydrogen) atoms. The molecule has 3 heterocycles. The monoisotopic (exact) mass is 530 g/mol. The normalized spacial score (nSPS) is 16.7. The summed E-state index contributed by atoms with van der Waals surface area (Å²) in [4.78, 5) is 40.6. The fourth-order valence-electron chi connectivity index (χ4n) is 4.84. The van der Waals surface area contributed by atoms with Gasteiger partial charge in [0.1, 0.15) is 35.0 Å². The molecule has 8 nitrogen and oxygen atoms in total. The molecule has 2 aliphatic heterocycles. The minimum absolute atomic E-state index is 0.0167. The molecular formula is C26H22F4N4O4. The van der Waals surface area contributed by atoms with Gasteiger partial charge in [-0.1, -0.05) is 12.1 Å². The summed E-state index contributed by atoms with van der Waals surface area (Å²) < 4.78 is 56.1. The number of hydrogen-bond donors (Lipinski definition) is 2. The SMILES string of the molecule is O=C(NCc1ccc(F)cc1F)c1cn2c(c(O)c1=O)C(=O)N(Cc1ccc(F)cc1F)[C@@H]1CCCCN12. The summed E-state index contributed by atoms with van der Waals surface area (Å²) in [6, 6.07) is 5.84. The minimum Gasteiger partial charge on any atom is -0.502 e. The first-order valence-electron chi connectivity index (χ1n) is 11.9. The van der Waals surface area contributed by atoms with Crippen LogP contribution in [0, 0.1) is 23.3 Å². The van der Waals surface area contributed by atoms with Gasteiger partial charge in [0.2, 0.25) is 5.43 Å². The van der Waals surface area contributed by atoms with Crippen LogP contribution >= 0.6 is 0 Å². The van der Waals surface area contributed by atoms with Gasteiger partial charge in [-0.3, -0.25) is 24.1 Å². The predicted octanol–water partition coefficient (Wildman–Crippen LogP) is 3.14. The molecule has 0 bridgehead atoms. The minimum atomic E-state index is -1.12. The molecule has 1 aromatic heterocycles. The van der Waals surface area contributed by atoms with Crippen molar-refractivity contribution in [3.05, 3.63) is 98.5 Å². The number of aromatic nitrogens is 1. The molecule has 198 valence electrons. The summed E-state index contributed by atoms with van der Waals surface area (Å²) in [5.74, 6) is -5.92. The van der Waals surface area contributed by atoms with Crippen molar-refractivity contribution in [3.63, 3.8) is 0 Å². The Morgan fingerprint density at radius 3 is 2.29 bits per heavy atom. The van der Waals surface area contributed by atoms with Crippen molar-refractivity contribution in [2.24, 2.45) is 0 Å². The summed E-state index contributed by atoms with van der Waals surface area (Å²) in [7, 11) is 0. The van der Waals surface area contributed by atoms with Gasteiger partial charge in [0.05, 0.1) is 6.54 Å². The quantitative estimate of drug-likeness (QED) is 0.495. The Labute approximate surface area is 213 Å². The Morgan fingerprint density at radius 1 is 0.974 bits per heavy atom. The highest BCUT2D eigenvalue weighted by Crippen LogP contribution is 2.31. The molecular weight excluding hydrogens is 508 g/mol. The lowest BCUT2D eigenvalue weighted by molar-refractivity contribution is 0.0492. The molecule has 1 saturated heterocycles. The number of piperidine rings is 1. The Kier molecular flexibility index (Phi) is 6.55. The predicted molar refractivity (Wildman–Crippen MR) is 127 cm³/mol. The molecule has 0 saturated carbocycles. The second kappa shape index (κ2) is 9.84. The zero-order chi connectivity index (χ0) is 27.1. The van der Waals surface area contributed by atoms with E-state index in [4.69, 9.17) is 0 Å². The number of aromatic hydroxyl groups is 1. The summed E-state index contributed by atoms with van der Waals surface area (Å²) in [6.07, 6.45) is 2.50.